The molecule has 1 heterocycles. The number of nitrogens with zero attached hydrogens (tertiary/aromatic N) is 2. The third-order valence-corrected chi connectivity index (χ3v) is 2.04. The predicted octanol–water partition coefficient (Wildman–Crippen LogP) is 1.40. The first-order chi connectivity index (χ1) is 7.25. The van der Waals surface area contributed by atoms with Crippen LogP contribution in [-0.2, 0) is 7.05 Å². The second kappa shape index (κ2) is 3.89. The first-order valence-corrected chi connectivity index (χ1v) is 4.61. The highest BCUT2D eigenvalue weighted by atomic mass is 15.2. The van der Waals surface area contributed by atoms with Crippen LogP contribution in [0.1, 0.15) is 11.3 Å². The zero-order valence-corrected chi connectivity index (χ0v) is 8.44. The monoisotopic (exact) mass is 197 g/mol. The standard InChI is InChI=1S/C12H11N3/c1-15-12(7-8-14-15)6-5-10-3-2-4-11(13)9-10/h2-4,7-9H,13H2,1H3. The molecular formula is C12H11N3. The lowest BCUT2D eigenvalue weighted by molar-refractivity contribution is 0.757. The van der Waals surface area contributed by atoms with Crippen molar-refractivity contribution in [3.63, 3.8) is 0 Å². The van der Waals surface area contributed by atoms with Gasteiger partial charge in [-0.2, -0.15) is 5.10 Å². The Balaban J connectivity index is 2.30. The van der Waals surface area contributed by atoms with Gasteiger partial charge in [0, 0.05) is 18.3 Å². The minimum absolute atomic E-state index is 0.729. The van der Waals surface area contributed by atoms with Crippen LogP contribution >= 0.6 is 0 Å². The minimum atomic E-state index is 0.729. The number of hydrogen-bond donors (Lipinski definition) is 1. The second-order valence-corrected chi connectivity index (χ2v) is 3.22. The molecule has 2 N–H and O–H groups in total. The first-order valence-electron chi connectivity index (χ1n) is 4.61. The molecule has 1 aromatic heterocycles. The van der Waals surface area contributed by atoms with Crippen molar-refractivity contribution in [3.8, 4) is 11.8 Å². The summed E-state index contributed by atoms with van der Waals surface area (Å²) in [6.07, 6.45) is 1.73. The Hall–Kier alpha value is -2.21. The Morgan fingerprint density at radius 2 is 2.13 bits per heavy atom. The highest BCUT2D eigenvalue weighted by Crippen LogP contribution is 2.05. The summed E-state index contributed by atoms with van der Waals surface area (Å²) >= 11 is 0. The topological polar surface area (TPSA) is 43.8 Å². The molecule has 2 aromatic rings. The van der Waals surface area contributed by atoms with E-state index < -0.39 is 0 Å². The molecule has 0 unspecified atom stereocenters. The van der Waals surface area contributed by atoms with E-state index in [2.05, 4.69) is 16.9 Å². The lowest BCUT2D eigenvalue weighted by atomic mass is 10.2. The van der Waals surface area contributed by atoms with Gasteiger partial charge in [0.15, 0.2) is 0 Å². The Labute approximate surface area is 88.5 Å². The zero-order chi connectivity index (χ0) is 10.7. The Bertz CT molecular complexity index is 529. The maximum atomic E-state index is 5.65. The molecule has 2 rings (SSSR count). The fourth-order valence-electron chi connectivity index (χ4n) is 1.25. The Kier molecular flexibility index (Phi) is 2.42. The van der Waals surface area contributed by atoms with E-state index in [1.165, 1.54) is 0 Å². The molecule has 0 radical (unpaired) electrons. The number of nitrogen functional groups attached to an aromatic ring is 1. The van der Waals surface area contributed by atoms with E-state index in [0.717, 1.165) is 16.9 Å². The van der Waals surface area contributed by atoms with Gasteiger partial charge in [0.25, 0.3) is 0 Å². The van der Waals surface area contributed by atoms with Crippen LogP contribution in [0.5, 0.6) is 0 Å². The van der Waals surface area contributed by atoms with Crippen LogP contribution in [0.4, 0.5) is 5.69 Å². The number of aryl methyl sites for hydroxylation is 1. The van der Waals surface area contributed by atoms with Gasteiger partial charge in [-0.1, -0.05) is 12.0 Å². The van der Waals surface area contributed by atoms with Crippen molar-refractivity contribution in [2.75, 3.05) is 5.73 Å². The molecule has 0 atom stereocenters. The second-order valence-electron chi connectivity index (χ2n) is 3.22. The van der Waals surface area contributed by atoms with Crippen LogP contribution in [0, 0.1) is 11.8 Å². The molecule has 15 heavy (non-hydrogen) atoms. The van der Waals surface area contributed by atoms with E-state index in [1.807, 2.05) is 37.4 Å². The minimum Gasteiger partial charge on any atom is -0.399 e. The van der Waals surface area contributed by atoms with Crippen LogP contribution < -0.4 is 5.73 Å². The summed E-state index contributed by atoms with van der Waals surface area (Å²) in [5.41, 5.74) is 8.18. The summed E-state index contributed by atoms with van der Waals surface area (Å²) in [6.45, 7) is 0. The number of anilines is 1. The molecule has 0 amide bonds. The average molecular weight is 197 g/mol. The molecule has 0 spiro atoms. The summed E-state index contributed by atoms with van der Waals surface area (Å²) in [5, 5.41) is 4.04. The zero-order valence-electron chi connectivity index (χ0n) is 8.44. The van der Waals surface area contributed by atoms with Gasteiger partial charge in [-0.25, -0.2) is 0 Å². The van der Waals surface area contributed by atoms with Crippen molar-refractivity contribution in [3.05, 3.63) is 47.8 Å². The Morgan fingerprint density at radius 3 is 2.80 bits per heavy atom. The van der Waals surface area contributed by atoms with Crippen molar-refractivity contribution < 1.29 is 0 Å². The largest absolute Gasteiger partial charge is 0.399 e. The van der Waals surface area contributed by atoms with E-state index in [0.29, 0.717) is 0 Å². The lowest BCUT2D eigenvalue weighted by Gasteiger charge is -1.93. The van der Waals surface area contributed by atoms with Gasteiger partial charge < -0.3 is 5.73 Å². The van der Waals surface area contributed by atoms with Crippen LogP contribution in [0.3, 0.4) is 0 Å². The third kappa shape index (κ3) is 2.18. The number of hydrogen-bond acceptors (Lipinski definition) is 2. The highest BCUT2D eigenvalue weighted by molar-refractivity contribution is 5.48. The van der Waals surface area contributed by atoms with Gasteiger partial charge in [-0.15, -0.1) is 0 Å². The summed E-state index contributed by atoms with van der Waals surface area (Å²) in [6, 6.07) is 9.39. The van der Waals surface area contributed by atoms with E-state index in [9.17, 15) is 0 Å². The molecule has 0 bridgehead atoms. The highest BCUT2D eigenvalue weighted by Gasteiger charge is 1.92. The van der Waals surface area contributed by atoms with Crippen LogP contribution in [0.15, 0.2) is 36.5 Å². The summed E-state index contributed by atoms with van der Waals surface area (Å²) < 4.78 is 1.74. The molecule has 0 saturated carbocycles. The van der Waals surface area contributed by atoms with Crippen molar-refractivity contribution >= 4 is 5.69 Å². The number of rotatable bonds is 0. The van der Waals surface area contributed by atoms with Gasteiger partial charge >= 0.3 is 0 Å². The van der Waals surface area contributed by atoms with E-state index in [4.69, 9.17) is 5.73 Å². The molecule has 3 nitrogen and oxygen atoms in total. The average Bonchev–Trinajstić information content (AvgIpc) is 2.61. The molecule has 0 aliphatic carbocycles. The Morgan fingerprint density at radius 1 is 1.27 bits per heavy atom. The van der Waals surface area contributed by atoms with Gasteiger partial charge in [-0.3, -0.25) is 4.68 Å². The third-order valence-electron chi connectivity index (χ3n) is 2.04. The quantitative estimate of drug-likeness (QED) is 0.512. The summed E-state index contributed by atoms with van der Waals surface area (Å²) in [4.78, 5) is 0. The van der Waals surface area contributed by atoms with Crippen molar-refractivity contribution in [1.29, 1.82) is 0 Å². The van der Waals surface area contributed by atoms with Gasteiger partial charge in [-0.05, 0) is 30.2 Å². The molecule has 0 aliphatic rings. The molecule has 1 aromatic carbocycles. The fraction of sp³-hybridized carbons (Fsp3) is 0.0833. The molecule has 0 saturated heterocycles. The molecule has 0 aliphatic heterocycles. The fourth-order valence-corrected chi connectivity index (χ4v) is 1.25. The molecule has 74 valence electrons. The molecular weight excluding hydrogens is 186 g/mol. The maximum absolute atomic E-state index is 5.65. The van der Waals surface area contributed by atoms with Gasteiger partial charge in [0.1, 0.15) is 5.69 Å². The van der Waals surface area contributed by atoms with Crippen molar-refractivity contribution in [2.45, 2.75) is 0 Å². The van der Waals surface area contributed by atoms with E-state index >= 15 is 0 Å². The lowest BCUT2D eigenvalue weighted by Crippen LogP contribution is -1.92. The van der Waals surface area contributed by atoms with Gasteiger partial charge in [0.2, 0.25) is 0 Å². The number of aromatic nitrogens is 2. The predicted molar refractivity (Wildman–Crippen MR) is 60.0 cm³/mol. The van der Waals surface area contributed by atoms with Crippen molar-refractivity contribution in [1.82, 2.24) is 9.78 Å². The van der Waals surface area contributed by atoms with E-state index in [-0.39, 0.29) is 0 Å². The maximum Gasteiger partial charge on any atom is 0.111 e. The normalized spacial score (nSPS) is 9.40. The summed E-state index contributed by atoms with van der Waals surface area (Å²) in [7, 11) is 1.86. The smallest absolute Gasteiger partial charge is 0.111 e. The van der Waals surface area contributed by atoms with Crippen LogP contribution in [0.2, 0.25) is 0 Å². The number of benzene rings is 1. The SMILES string of the molecule is Cn1nccc1C#Cc1cccc(N)c1. The first kappa shape index (κ1) is 9.35. The van der Waals surface area contributed by atoms with Crippen LogP contribution in [0.25, 0.3) is 0 Å². The van der Waals surface area contributed by atoms with Gasteiger partial charge in [0.05, 0.1) is 6.20 Å². The molecule has 0 fully saturated rings. The number of nitrogens with two attached hydrogens (primary N) is 1. The van der Waals surface area contributed by atoms with E-state index in [1.54, 1.807) is 10.9 Å². The summed E-state index contributed by atoms with van der Waals surface area (Å²) in [5.74, 6) is 6.07. The van der Waals surface area contributed by atoms with Crippen LogP contribution in [-0.4, -0.2) is 9.78 Å². The van der Waals surface area contributed by atoms with Crippen molar-refractivity contribution in [2.24, 2.45) is 7.05 Å². The molecule has 3 heteroatoms.